The fourth-order valence-electron chi connectivity index (χ4n) is 4.78. The van der Waals surface area contributed by atoms with E-state index in [9.17, 15) is 5.11 Å². The topological polar surface area (TPSA) is 81.0 Å². The molecular weight excluding hydrogens is 531 g/mol. The Bertz CT molecular complexity index is 1820. The van der Waals surface area contributed by atoms with Crippen molar-refractivity contribution >= 4 is 23.7 Å². The normalized spacial score (nSPS) is 11.9. The van der Waals surface area contributed by atoms with Gasteiger partial charge in [-0.3, -0.25) is 4.98 Å². The Morgan fingerprint density at radius 3 is 1.74 bits per heavy atom. The molecule has 1 N–H and O–H groups in total. The van der Waals surface area contributed by atoms with E-state index < -0.39 is 11.2 Å². The number of rotatable bonds is 8. The van der Waals surface area contributed by atoms with Crippen molar-refractivity contribution in [1.82, 2.24) is 19.9 Å². The van der Waals surface area contributed by atoms with E-state index in [-0.39, 0.29) is 7.48 Å². The van der Waals surface area contributed by atoms with E-state index in [0.717, 1.165) is 44.1 Å². The zero-order valence-corrected chi connectivity index (χ0v) is 24.8. The summed E-state index contributed by atoms with van der Waals surface area (Å²) in [6, 6.07) is 34.4. The number of hydrogen-bond acceptors (Lipinski definition) is 6. The van der Waals surface area contributed by atoms with Crippen LogP contribution in [0.1, 0.15) is 27.7 Å². The van der Waals surface area contributed by atoms with Gasteiger partial charge in [0.15, 0.2) is 17.5 Å². The highest BCUT2D eigenvalue weighted by Crippen LogP contribution is 2.31. The molecule has 6 nitrogen and oxygen atoms in total. The van der Waals surface area contributed by atoms with Gasteiger partial charge in [-0.1, -0.05) is 103 Å². The molecule has 0 saturated carbocycles. The molecule has 0 fully saturated rings. The van der Waals surface area contributed by atoms with Crippen LogP contribution in [0.4, 0.5) is 0 Å². The number of benzene rings is 4. The van der Waals surface area contributed by atoms with Crippen molar-refractivity contribution in [3.05, 3.63) is 116 Å². The average molecular weight is 564 g/mol. The molecule has 0 bridgehead atoms. The quantitative estimate of drug-likeness (QED) is 0.209. The van der Waals surface area contributed by atoms with Crippen LogP contribution in [0.15, 0.2) is 116 Å². The molecule has 0 saturated heterocycles. The summed E-state index contributed by atoms with van der Waals surface area (Å²) in [4.78, 5) is 19.3. The predicted octanol–water partition coefficient (Wildman–Crippen LogP) is 6.63. The highest BCUT2D eigenvalue weighted by Gasteiger charge is 2.35. The summed E-state index contributed by atoms with van der Waals surface area (Å²) >= 11 is 0. The van der Waals surface area contributed by atoms with Crippen molar-refractivity contribution in [3.63, 3.8) is 0 Å². The molecular formula is C36H33BN4O2. The summed E-state index contributed by atoms with van der Waals surface area (Å²) in [5, 5.41) is 12.9. The number of fused-ring (bicyclic) bond motifs is 1. The molecule has 0 atom stereocenters. The molecule has 6 rings (SSSR count). The summed E-state index contributed by atoms with van der Waals surface area (Å²) in [6.07, 6.45) is 3.77. The monoisotopic (exact) mass is 564 g/mol. The molecule has 0 aliphatic rings. The summed E-state index contributed by atoms with van der Waals surface area (Å²) in [7, 11) is 0.290. The first-order valence-corrected chi connectivity index (χ1v) is 14.4. The number of aromatic nitrogens is 4. The van der Waals surface area contributed by atoms with Gasteiger partial charge < -0.3 is 9.76 Å². The van der Waals surface area contributed by atoms with Crippen molar-refractivity contribution in [3.8, 4) is 45.3 Å². The van der Waals surface area contributed by atoms with Crippen LogP contribution in [-0.4, -0.2) is 43.7 Å². The molecule has 0 radical (unpaired) electrons. The molecule has 0 aliphatic heterocycles. The van der Waals surface area contributed by atoms with Crippen LogP contribution in [0, 0.1) is 0 Å². The minimum atomic E-state index is -1.03. The highest BCUT2D eigenvalue weighted by molar-refractivity contribution is 6.47. The fraction of sp³-hybridized carbons (Fsp3) is 0.167. The maximum absolute atomic E-state index is 10.7. The zero-order valence-electron chi connectivity index (χ0n) is 24.8. The molecule has 43 heavy (non-hydrogen) atoms. The largest absolute Gasteiger partial charge is 0.427 e. The maximum Gasteiger partial charge on any atom is 0.309 e. The third kappa shape index (κ3) is 6.09. The molecule has 2 heterocycles. The Morgan fingerprint density at radius 1 is 0.605 bits per heavy atom. The standard InChI is InChI=1S/C36H33BN4O2/c1-35(2,42)36(3,4)43-37-29-20-27(31-23-38-22-26-17-11-12-18-30(26)31)19-28(21-29)34-40-32(24-13-7-5-8-14-24)39-33(41-34)25-15-9-6-10-16-25/h5-23,37,42H,1-4H3. The van der Waals surface area contributed by atoms with Crippen LogP contribution in [0.25, 0.3) is 56.1 Å². The highest BCUT2D eigenvalue weighted by atomic mass is 16.5. The first kappa shape index (κ1) is 28.4. The Labute approximate surface area is 252 Å². The Balaban J connectivity index is 1.54. The molecule has 0 aliphatic carbocycles. The Kier molecular flexibility index (Phi) is 7.61. The number of nitrogens with zero attached hydrogens (tertiary/aromatic N) is 4. The molecule has 0 unspecified atom stereocenters. The van der Waals surface area contributed by atoms with Crippen molar-refractivity contribution in [2.45, 2.75) is 38.9 Å². The second-order valence-electron chi connectivity index (χ2n) is 11.7. The van der Waals surface area contributed by atoms with E-state index in [1.54, 1.807) is 13.8 Å². The molecule has 7 heteroatoms. The van der Waals surface area contributed by atoms with Crippen LogP contribution in [0.5, 0.6) is 0 Å². The van der Waals surface area contributed by atoms with E-state index in [1.165, 1.54) is 0 Å². The summed E-state index contributed by atoms with van der Waals surface area (Å²) in [6.45, 7) is 7.32. The SMILES string of the molecule is CC(C)(O)C(C)(C)OBc1cc(-c2nc(-c3ccccc3)nc(-c3ccccc3)n2)cc(-c2cncc3ccccc23)c1. The zero-order chi connectivity index (χ0) is 30.0. The predicted molar refractivity (Wildman–Crippen MR) is 175 cm³/mol. The summed E-state index contributed by atoms with van der Waals surface area (Å²) < 4.78 is 6.32. The minimum Gasteiger partial charge on any atom is -0.427 e. The molecule has 212 valence electrons. The van der Waals surface area contributed by atoms with Crippen molar-refractivity contribution in [2.24, 2.45) is 0 Å². The van der Waals surface area contributed by atoms with Gasteiger partial charge in [-0.15, -0.1) is 0 Å². The third-order valence-corrected chi connectivity index (χ3v) is 8.00. The smallest absolute Gasteiger partial charge is 0.309 e. The van der Waals surface area contributed by atoms with Crippen LogP contribution >= 0.6 is 0 Å². The lowest BCUT2D eigenvalue weighted by Crippen LogP contribution is -2.49. The van der Waals surface area contributed by atoms with Crippen molar-refractivity contribution in [1.29, 1.82) is 0 Å². The lowest BCUT2D eigenvalue weighted by Gasteiger charge is -2.37. The van der Waals surface area contributed by atoms with Crippen LogP contribution in [-0.2, 0) is 4.65 Å². The van der Waals surface area contributed by atoms with Crippen LogP contribution in [0.2, 0.25) is 0 Å². The number of aliphatic hydroxyl groups is 1. The van der Waals surface area contributed by atoms with Gasteiger partial charge in [-0.2, -0.15) is 0 Å². The molecule has 4 aromatic carbocycles. The molecule has 0 spiro atoms. The number of pyridine rings is 1. The van der Waals surface area contributed by atoms with Gasteiger partial charge >= 0.3 is 7.48 Å². The van der Waals surface area contributed by atoms with Crippen LogP contribution in [0.3, 0.4) is 0 Å². The van der Waals surface area contributed by atoms with E-state index in [1.807, 2.05) is 99.0 Å². The molecule has 6 aromatic rings. The summed E-state index contributed by atoms with van der Waals surface area (Å²) in [5.41, 5.74) is 3.76. The third-order valence-electron chi connectivity index (χ3n) is 8.00. The van der Waals surface area contributed by atoms with Gasteiger partial charge in [0.2, 0.25) is 0 Å². The van der Waals surface area contributed by atoms with Crippen LogP contribution < -0.4 is 5.46 Å². The van der Waals surface area contributed by atoms with Gasteiger partial charge in [0.1, 0.15) is 0 Å². The van der Waals surface area contributed by atoms with E-state index >= 15 is 0 Å². The summed E-state index contributed by atoms with van der Waals surface area (Å²) in [5.74, 6) is 1.76. The lowest BCUT2D eigenvalue weighted by molar-refractivity contribution is -0.0893. The van der Waals surface area contributed by atoms with Gasteiger partial charge in [-0.25, -0.2) is 15.0 Å². The minimum absolute atomic E-state index is 0.290. The average Bonchev–Trinajstić information content (AvgIpc) is 3.03. The van der Waals surface area contributed by atoms with Crippen molar-refractivity contribution in [2.75, 3.05) is 0 Å². The molecule has 2 aromatic heterocycles. The maximum atomic E-state index is 10.7. The van der Waals surface area contributed by atoms with E-state index in [0.29, 0.717) is 17.5 Å². The van der Waals surface area contributed by atoms with Gasteiger partial charge in [0.25, 0.3) is 0 Å². The Hall–Kier alpha value is -4.72. The molecule has 0 amide bonds. The first-order chi connectivity index (χ1) is 20.7. The Morgan fingerprint density at radius 2 is 1.14 bits per heavy atom. The number of hydrogen-bond donors (Lipinski definition) is 1. The van der Waals surface area contributed by atoms with Gasteiger partial charge in [0.05, 0.1) is 11.2 Å². The second kappa shape index (κ2) is 11.5. The van der Waals surface area contributed by atoms with E-state index in [4.69, 9.17) is 19.6 Å². The lowest BCUT2D eigenvalue weighted by atomic mass is 9.80. The van der Waals surface area contributed by atoms with E-state index in [2.05, 4.69) is 35.3 Å². The first-order valence-electron chi connectivity index (χ1n) is 14.4. The second-order valence-corrected chi connectivity index (χ2v) is 11.7. The fourth-order valence-corrected chi connectivity index (χ4v) is 4.78. The van der Waals surface area contributed by atoms with Gasteiger partial charge in [-0.05, 0) is 44.7 Å². The van der Waals surface area contributed by atoms with Gasteiger partial charge in [0, 0.05) is 40.0 Å². The van der Waals surface area contributed by atoms with Crippen molar-refractivity contribution < 1.29 is 9.76 Å².